The van der Waals surface area contributed by atoms with Gasteiger partial charge in [0.1, 0.15) is 0 Å². The summed E-state index contributed by atoms with van der Waals surface area (Å²) in [5.74, 6) is -0.0691. The fourth-order valence-electron chi connectivity index (χ4n) is 1.97. The molecule has 1 atom stereocenters. The van der Waals surface area contributed by atoms with Gasteiger partial charge in [0.05, 0.1) is 0 Å². The van der Waals surface area contributed by atoms with E-state index in [2.05, 4.69) is 24.1 Å². The van der Waals surface area contributed by atoms with Crippen LogP contribution < -0.4 is 5.32 Å². The van der Waals surface area contributed by atoms with Crippen LogP contribution in [0.2, 0.25) is 0 Å². The molecule has 104 valence electrons. The second-order valence-corrected chi connectivity index (χ2v) is 4.95. The zero-order valence-corrected chi connectivity index (χ0v) is 11.9. The standard InChI is InChI=1S/C12H22ClN3O2/c1-3-10(2)15-6-8-16(9-7-15)12(18)14-11(17)4-5-13/h10H,3-9H2,1-2H3,(H,14,17,18). The summed E-state index contributed by atoms with van der Waals surface area (Å²) in [6.45, 7) is 7.43. The van der Waals surface area contributed by atoms with Crippen molar-refractivity contribution in [2.75, 3.05) is 32.1 Å². The maximum absolute atomic E-state index is 11.8. The minimum Gasteiger partial charge on any atom is -0.322 e. The fraction of sp³-hybridized carbons (Fsp3) is 0.833. The molecule has 0 aromatic carbocycles. The highest BCUT2D eigenvalue weighted by Crippen LogP contribution is 2.08. The molecule has 1 fully saturated rings. The van der Waals surface area contributed by atoms with E-state index in [4.69, 9.17) is 11.6 Å². The van der Waals surface area contributed by atoms with Gasteiger partial charge in [-0.15, -0.1) is 11.6 Å². The number of amides is 3. The monoisotopic (exact) mass is 275 g/mol. The van der Waals surface area contributed by atoms with E-state index >= 15 is 0 Å². The Kier molecular flexibility index (Phi) is 6.43. The highest BCUT2D eigenvalue weighted by Gasteiger charge is 2.23. The second-order valence-electron chi connectivity index (χ2n) is 4.57. The molecule has 1 heterocycles. The van der Waals surface area contributed by atoms with Crippen LogP contribution in [0.1, 0.15) is 26.7 Å². The molecule has 1 aliphatic heterocycles. The molecular weight excluding hydrogens is 254 g/mol. The number of imide groups is 1. The molecule has 0 saturated carbocycles. The Morgan fingerprint density at radius 3 is 2.39 bits per heavy atom. The normalized spacial score (nSPS) is 18.5. The van der Waals surface area contributed by atoms with Gasteiger partial charge in [-0.1, -0.05) is 6.92 Å². The summed E-state index contributed by atoms with van der Waals surface area (Å²) in [5.41, 5.74) is 0. The molecule has 0 bridgehead atoms. The number of hydrogen-bond acceptors (Lipinski definition) is 3. The highest BCUT2D eigenvalue weighted by atomic mass is 35.5. The first kappa shape index (κ1) is 15.2. The van der Waals surface area contributed by atoms with E-state index in [1.807, 2.05) is 0 Å². The number of nitrogens with one attached hydrogen (secondary N) is 1. The van der Waals surface area contributed by atoms with Gasteiger partial charge in [0, 0.05) is 44.5 Å². The first-order valence-corrected chi connectivity index (χ1v) is 7.00. The predicted octanol–water partition coefficient (Wildman–Crippen LogP) is 1.27. The molecule has 0 aliphatic carbocycles. The average Bonchev–Trinajstić information content (AvgIpc) is 2.38. The van der Waals surface area contributed by atoms with E-state index in [1.54, 1.807) is 4.90 Å². The van der Waals surface area contributed by atoms with Gasteiger partial charge in [0.25, 0.3) is 0 Å². The Bertz CT molecular complexity index is 291. The molecule has 1 rings (SSSR count). The molecular formula is C12H22ClN3O2. The van der Waals surface area contributed by atoms with Crippen molar-refractivity contribution >= 4 is 23.5 Å². The van der Waals surface area contributed by atoms with Gasteiger partial charge in [0.2, 0.25) is 5.91 Å². The average molecular weight is 276 g/mol. The minimum atomic E-state index is -0.306. The summed E-state index contributed by atoms with van der Waals surface area (Å²) in [4.78, 5) is 27.1. The first-order valence-electron chi connectivity index (χ1n) is 6.47. The maximum Gasteiger partial charge on any atom is 0.324 e. The van der Waals surface area contributed by atoms with Gasteiger partial charge in [-0.25, -0.2) is 4.79 Å². The van der Waals surface area contributed by atoms with Gasteiger partial charge in [-0.05, 0) is 13.3 Å². The Labute approximate surface area is 113 Å². The van der Waals surface area contributed by atoms with Crippen LogP contribution in [0.15, 0.2) is 0 Å². The summed E-state index contributed by atoms with van der Waals surface area (Å²) in [6, 6.07) is 0.252. The van der Waals surface area contributed by atoms with Gasteiger partial charge >= 0.3 is 6.03 Å². The number of carbonyl (C=O) groups is 2. The third kappa shape index (κ3) is 4.46. The number of piperazine rings is 1. The van der Waals surface area contributed by atoms with Crippen LogP contribution in [0, 0.1) is 0 Å². The number of halogens is 1. The fourth-order valence-corrected chi connectivity index (χ4v) is 2.14. The summed E-state index contributed by atoms with van der Waals surface area (Å²) >= 11 is 5.44. The topological polar surface area (TPSA) is 52.6 Å². The summed E-state index contributed by atoms with van der Waals surface area (Å²) in [6.07, 6.45) is 1.29. The predicted molar refractivity (Wildman–Crippen MR) is 71.8 cm³/mol. The third-order valence-corrected chi connectivity index (χ3v) is 3.57. The quantitative estimate of drug-likeness (QED) is 0.786. The van der Waals surface area contributed by atoms with Crippen molar-refractivity contribution in [2.24, 2.45) is 0 Å². The maximum atomic E-state index is 11.8. The Hall–Kier alpha value is -0.810. The van der Waals surface area contributed by atoms with Gasteiger partial charge in [-0.3, -0.25) is 15.0 Å². The van der Waals surface area contributed by atoms with Crippen LogP contribution in [-0.4, -0.2) is 59.8 Å². The van der Waals surface area contributed by atoms with Crippen molar-refractivity contribution in [1.82, 2.24) is 15.1 Å². The number of rotatable bonds is 4. The van der Waals surface area contributed by atoms with Gasteiger partial charge < -0.3 is 4.90 Å². The molecule has 1 unspecified atom stereocenters. The Balaban J connectivity index is 2.34. The molecule has 0 aromatic rings. The van der Waals surface area contributed by atoms with Crippen LogP contribution in [0.5, 0.6) is 0 Å². The zero-order chi connectivity index (χ0) is 13.5. The number of urea groups is 1. The van der Waals surface area contributed by atoms with Crippen molar-refractivity contribution in [3.63, 3.8) is 0 Å². The third-order valence-electron chi connectivity index (χ3n) is 3.38. The number of carbonyl (C=O) groups excluding carboxylic acids is 2. The molecule has 0 aromatic heterocycles. The van der Waals surface area contributed by atoms with Gasteiger partial charge in [0.15, 0.2) is 0 Å². The van der Waals surface area contributed by atoms with Crippen LogP contribution in [0.3, 0.4) is 0 Å². The first-order chi connectivity index (χ1) is 8.58. The van der Waals surface area contributed by atoms with Crippen molar-refractivity contribution < 1.29 is 9.59 Å². The minimum absolute atomic E-state index is 0.181. The molecule has 1 saturated heterocycles. The lowest BCUT2D eigenvalue weighted by Gasteiger charge is -2.37. The van der Waals surface area contributed by atoms with Crippen molar-refractivity contribution in [1.29, 1.82) is 0 Å². The SMILES string of the molecule is CCC(C)N1CCN(C(=O)NC(=O)CCCl)CC1. The zero-order valence-electron chi connectivity index (χ0n) is 11.1. The lowest BCUT2D eigenvalue weighted by Crippen LogP contribution is -2.54. The van der Waals surface area contributed by atoms with E-state index in [0.29, 0.717) is 19.1 Å². The molecule has 5 nitrogen and oxygen atoms in total. The lowest BCUT2D eigenvalue weighted by atomic mass is 10.2. The number of hydrogen-bond donors (Lipinski definition) is 1. The summed E-state index contributed by atoms with van der Waals surface area (Å²) in [5, 5.41) is 2.35. The van der Waals surface area contributed by atoms with Crippen LogP contribution in [0.4, 0.5) is 4.79 Å². The second kappa shape index (κ2) is 7.59. The molecule has 18 heavy (non-hydrogen) atoms. The van der Waals surface area contributed by atoms with Crippen molar-refractivity contribution in [2.45, 2.75) is 32.7 Å². The molecule has 0 spiro atoms. The molecule has 3 amide bonds. The van der Waals surface area contributed by atoms with Gasteiger partial charge in [-0.2, -0.15) is 0 Å². The number of nitrogens with zero attached hydrogens (tertiary/aromatic N) is 2. The lowest BCUT2D eigenvalue weighted by molar-refractivity contribution is -0.119. The molecule has 6 heteroatoms. The molecule has 0 radical (unpaired) electrons. The van der Waals surface area contributed by atoms with E-state index in [1.165, 1.54) is 0 Å². The molecule has 1 aliphatic rings. The Morgan fingerprint density at radius 1 is 1.28 bits per heavy atom. The largest absolute Gasteiger partial charge is 0.324 e. The van der Waals surface area contributed by atoms with E-state index in [-0.39, 0.29) is 24.2 Å². The van der Waals surface area contributed by atoms with Crippen LogP contribution in [0.25, 0.3) is 0 Å². The summed E-state index contributed by atoms with van der Waals surface area (Å²) < 4.78 is 0. The van der Waals surface area contributed by atoms with Crippen LogP contribution in [-0.2, 0) is 4.79 Å². The smallest absolute Gasteiger partial charge is 0.322 e. The van der Waals surface area contributed by atoms with E-state index < -0.39 is 0 Å². The van der Waals surface area contributed by atoms with Crippen molar-refractivity contribution in [3.05, 3.63) is 0 Å². The Morgan fingerprint density at radius 2 is 1.89 bits per heavy atom. The van der Waals surface area contributed by atoms with E-state index in [0.717, 1.165) is 19.5 Å². The van der Waals surface area contributed by atoms with E-state index in [9.17, 15) is 9.59 Å². The number of alkyl halides is 1. The van der Waals surface area contributed by atoms with Crippen LogP contribution >= 0.6 is 11.6 Å². The summed E-state index contributed by atoms with van der Waals surface area (Å²) in [7, 11) is 0. The molecule has 1 N–H and O–H groups in total. The highest BCUT2D eigenvalue weighted by molar-refractivity contribution is 6.19. The van der Waals surface area contributed by atoms with Crippen molar-refractivity contribution in [3.8, 4) is 0 Å².